The summed E-state index contributed by atoms with van der Waals surface area (Å²) in [6.45, 7) is 10.7. The molecule has 1 amide bonds. The number of amides is 1. The summed E-state index contributed by atoms with van der Waals surface area (Å²) in [7, 11) is 1.75. The molecule has 0 saturated carbocycles. The number of carbonyl (C=O) groups excluding carboxylic acids is 1. The van der Waals surface area contributed by atoms with Crippen LogP contribution in [0.3, 0.4) is 0 Å². The molecule has 2 rings (SSSR count). The van der Waals surface area contributed by atoms with Crippen molar-refractivity contribution in [3.63, 3.8) is 0 Å². The quantitative estimate of drug-likeness (QED) is 0.395. The fourth-order valence-corrected chi connectivity index (χ4v) is 2.76. The Kier molecular flexibility index (Phi) is 7.21. The van der Waals surface area contributed by atoms with E-state index < -0.39 is 0 Å². The molecule has 0 fully saturated rings. The van der Waals surface area contributed by atoms with Crippen LogP contribution in [0.5, 0.6) is 0 Å². The summed E-state index contributed by atoms with van der Waals surface area (Å²) in [5.74, 6) is 1.83. The van der Waals surface area contributed by atoms with Crippen LogP contribution in [0.4, 0.5) is 0 Å². The van der Waals surface area contributed by atoms with Gasteiger partial charge in [0.25, 0.3) is 0 Å². The Hall–Kier alpha value is -2.57. The maximum atomic E-state index is 11.8. The van der Waals surface area contributed by atoms with Gasteiger partial charge in [-0.05, 0) is 25.5 Å². The number of carbonyl (C=O) groups is 1. The molecule has 7 heteroatoms. The molecule has 1 aromatic carbocycles. The molecule has 0 unspecified atom stereocenters. The number of aryl methyl sites for hydroxylation is 2. The molecule has 0 aliphatic heterocycles. The van der Waals surface area contributed by atoms with Gasteiger partial charge in [-0.1, -0.05) is 32.9 Å². The average molecular weight is 373 g/mol. The van der Waals surface area contributed by atoms with Crippen molar-refractivity contribution in [2.24, 2.45) is 10.4 Å². The second-order valence-electron chi connectivity index (χ2n) is 7.58. The van der Waals surface area contributed by atoms with E-state index in [4.69, 9.17) is 0 Å². The molecule has 1 aromatic heterocycles. The molecule has 0 atom stereocenters. The van der Waals surface area contributed by atoms with E-state index in [2.05, 4.69) is 36.6 Å². The van der Waals surface area contributed by atoms with E-state index in [9.17, 15) is 4.79 Å². The van der Waals surface area contributed by atoms with Gasteiger partial charge in [-0.3, -0.25) is 9.79 Å². The van der Waals surface area contributed by atoms with Crippen LogP contribution in [0.1, 0.15) is 33.0 Å². The average Bonchev–Trinajstić information content (AvgIpc) is 2.94. The first kappa shape index (κ1) is 20.7. The Labute approximate surface area is 161 Å². The van der Waals surface area contributed by atoms with Crippen LogP contribution in [0, 0.1) is 12.3 Å². The van der Waals surface area contributed by atoms with Gasteiger partial charge in [-0.15, -0.1) is 0 Å². The number of aromatic nitrogens is 2. The summed E-state index contributed by atoms with van der Waals surface area (Å²) in [4.78, 5) is 20.6. The van der Waals surface area contributed by atoms with Gasteiger partial charge < -0.3 is 20.5 Å². The first-order valence-corrected chi connectivity index (χ1v) is 9.47. The van der Waals surface area contributed by atoms with Gasteiger partial charge in [-0.25, -0.2) is 4.98 Å². The van der Waals surface area contributed by atoms with Crippen molar-refractivity contribution >= 4 is 22.9 Å². The zero-order valence-corrected chi connectivity index (χ0v) is 17.1. The number of fused-ring (bicyclic) bond motifs is 1. The first-order valence-electron chi connectivity index (χ1n) is 9.47. The summed E-state index contributed by atoms with van der Waals surface area (Å²) in [6.07, 6.45) is 0.961. The van der Waals surface area contributed by atoms with E-state index in [1.165, 1.54) is 5.52 Å². The minimum atomic E-state index is -0.366. The second-order valence-corrected chi connectivity index (χ2v) is 7.58. The molecule has 0 bridgehead atoms. The van der Waals surface area contributed by atoms with Crippen LogP contribution in [-0.4, -0.2) is 48.1 Å². The van der Waals surface area contributed by atoms with Gasteiger partial charge >= 0.3 is 0 Å². The molecule has 148 valence electrons. The lowest BCUT2D eigenvalue weighted by Crippen LogP contribution is -2.43. The molecule has 1 heterocycles. The van der Waals surface area contributed by atoms with Crippen LogP contribution >= 0.6 is 0 Å². The highest BCUT2D eigenvalue weighted by Gasteiger charge is 2.20. The van der Waals surface area contributed by atoms with Gasteiger partial charge in [0.05, 0.1) is 11.0 Å². The molecule has 0 aliphatic carbocycles. The number of nitrogens with one attached hydrogen (secondary N) is 3. The van der Waals surface area contributed by atoms with Gasteiger partial charge in [0.15, 0.2) is 5.96 Å². The first-order chi connectivity index (χ1) is 12.8. The van der Waals surface area contributed by atoms with Crippen molar-refractivity contribution < 1.29 is 4.79 Å². The van der Waals surface area contributed by atoms with Crippen LogP contribution in [0.2, 0.25) is 0 Å². The van der Waals surface area contributed by atoms with E-state index in [0.717, 1.165) is 36.8 Å². The molecular formula is C20H32N6O. The minimum absolute atomic E-state index is 0.0511. The lowest BCUT2D eigenvalue weighted by atomic mass is 9.96. The number of hydrogen-bond donors (Lipinski definition) is 3. The van der Waals surface area contributed by atoms with Crippen LogP contribution in [0.25, 0.3) is 11.0 Å². The number of hydrogen-bond acceptors (Lipinski definition) is 3. The van der Waals surface area contributed by atoms with Gasteiger partial charge in [-0.2, -0.15) is 0 Å². The molecule has 7 nitrogen and oxygen atoms in total. The van der Waals surface area contributed by atoms with Crippen molar-refractivity contribution in [1.82, 2.24) is 25.5 Å². The largest absolute Gasteiger partial charge is 0.356 e. The van der Waals surface area contributed by atoms with Crippen LogP contribution in [-0.2, 0) is 11.3 Å². The molecule has 27 heavy (non-hydrogen) atoms. The predicted molar refractivity (Wildman–Crippen MR) is 111 cm³/mol. The molecule has 3 N–H and O–H groups in total. The van der Waals surface area contributed by atoms with Gasteiger partial charge in [0.1, 0.15) is 5.82 Å². The molecule has 0 radical (unpaired) electrons. The van der Waals surface area contributed by atoms with Crippen LogP contribution in [0.15, 0.2) is 29.3 Å². The van der Waals surface area contributed by atoms with Crippen LogP contribution < -0.4 is 16.0 Å². The maximum Gasteiger partial charge on any atom is 0.225 e. The number of rotatable bonds is 7. The Balaban J connectivity index is 1.70. The number of para-hydroxylation sites is 2. The third-order valence-electron chi connectivity index (χ3n) is 4.30. The summed E-state index contributed by atoms with van der Waals surface area (Å²) < 4.78 is 2.25. The molecular weight excluding hydrogens is 340 g/mol. The van der Waals surface area contributed by atoms with Crippen molar-refractivity contribution in [3.8, 4) is 0 Å². The van der Waals surface area contributed by atoms with E-state index in [1.54, 1.807) is 7.05 Å². The van der Waals surface area contributed by atoms with Gasteiger partial charge in [0.2, 0.25) is 5.91 Å². The molecule has 0 saturated heterocycles. The number of guanidine groups is 1. The van der Waals surface area contributed by atoms with Crippen molar-refractivity contribution in [2.45, 2.75) is 40.7 Å². The zero-order chi connectivity index (χ0) is 19.9. The number of imidazole rings is 1. The Morgan fingerprint density at radius 2 is 1.78 bits per heavy atom. The maximum absolute atomic E-state index is 11.8. The predicted octanol–water partition coefficient (Wildman–Crippen LogP) is 2.06. The minimum Gasteiger partial charge on any atom is -0.356 e. The normalized spacial score (nSPS) is 12.3. The summed E-state index contributed by atoms with van der Waals surface area (Å²) >= 11 is 0. The SMILES string of the molecule is CN=C(NCCCn1c(C)nc2ccccc21)NCCNC(=O)C(C)(C)C. The standard InChI is InChI=1S/C20H32N6O/c1-15-25-16-9-6-7-10-17(16)26(15)14-8-11-23-19(21-5)24-13-12-22-18(27)20(2,3)4/h6-7,9-10H,8,11-14H2,1-5H3,(H,22,27)(H2,21,23,24). The smallest absolute Gasteiger partial charge is 0.225 e. The van der Waals surface area contributed by atoms with Gasteiger partial charge in [0, 0.05) is 38.6 Å². The lowest BCUT2D eigenvalue weighted by Gasteiger charge is -2.18. The fraction of sp³-hybridized carbons (Fsp3) is 0.550. The second kappa shape index (κ2) is 9.39. The number of benzene rings is 1. The van der Waals surface area contributed by atoms with Crippen molar-refractivity contribution in [1.29, 1.82) is 0 Å². The molecule has 0 aliphatic rings. The Morgan fingerprint density at radius 1 is 1.11 bits per heavy atom. The topological polar surface area (TPSA) is 83.3 Å². The summed E-state index contributed by atoms with van der Waals surface area (Å²) in [5, 5.41) is 9.44. The number of aliphatic imine (C=N–C) groups is 1. The zero-order valence-electron chi connectivity index (χ0n) is 17.1. The van der Waals surface area contributed by atoms with E-state index in [-0.39, 0.29) is 11.3 Å². The summed E-state index contributed by atoms with van der Waals surface area (Å²) in [6, 6.07) is 8.21. The lowest BCUT2D eigenvalue weighted by molar-refractivity contribution is -0.128. The number of nitrogens with zero attached hydrogens (tertiary/aromatic N) is 3. The Bertz CT molecular complexity index is 787. The Morgan fingerprint density at radius 3 is 2.48 bits per heavy atom. The monoisotopic (exact) mass is 372 g/mol. The summed E-state index contributed by atoms with van der Waals surface area (Å²) in [5.41, 5.74) is 1.85. The van der Waals surface area contributed by atoms with E-state index >= 15 is 0 Å². The molecule has 0 spiro atoms. The fourth-order valence-electron chi connectivity index (χ4n) is 2.76. The van der Waals surface area contributed by atoms with Crippen molar-refractivity contribution in [3.05, 3.63) is 30.1 Å². The highest BCUT2D eigenvalue weighted by atomic mass is 16.2. The highest BCUT2D eigenvalue weighted by Crippen LogP contribution is 2.15. The molecule has 2 aromatic rings. The van der Waals surface area contributed by atoms with Crippen molar-refractivity contribution in [2.75, 3.05) is 26.7 Å². The third-order valence-corrected chi connectivity index (χ3v) is 4.30. The highest BCUT2D eigenvalue weighted by molar-refractivity contribution is 5.82. The van der Waals surface area contributed by atoms with E-state index in [1.807, 2.05) is 45.9 Å². The van der Waals surface area contributed by atoms with E-state index in [0.29, 0.717) is 13.1 Å². The third kappa shape index (κ3) is 5.98.